The number of halogens is 2. The summed E-state index contributed by atoms with van der Waals surface area (Å²) in [6, 6.07) is 52.1. The van der Waals surface area contributed by atoms with Crippen molar-refractivity contribution in [3.05, 3.63) is 203 Å². The SMILES string of the molecule is Cc1cc(C)c(-c2ccc3c(c2)c2cc(-c4c(C)cc(C)cc4C)ccc2n3-c2ccc(-c3cccc(F)c3F)cc2-c2nc(-c3ccccc3)nc(-c3ccccc3)n2)c(C)c1. The number of aryl methyl sites for hydroxylation is 6. The van der Waals surface area contributed by atoms with Crippen molar-refractivity contribution in [2.75, 3.05) is 0 Å². The Morgan fingerprint density at radius 2 is 0.841 bits per heavy atom. The van der Waals surface area contributed by atoms with Crippen molar-refractivity contribution in [1.82, 2.24) is 19.5 Å². The maximum atomic E-state index is 15.7. The van der Waals surface area contributed by atoms with Gasteiger partial charge in [-0.3, -0.25) is 0 Å². The van der Waals surface area contributed by atoms with Gasteiger partial charge in [-0.05, 0) is 134 Å². The molecule has 6 heteroatoms. The first-order chi connectivity index (χ1) is 30.5. The molecule has 0 bridgehead atoms. The molecule has 0 aliphatic heterocycles. The number of fused-ring (bicyclic) bond motifs is 3. The van der Waals surface area contributed by atoms with Crippen molar-refractivity contribution in [3.8, 4) is 73.2 Å². The molecule has 0 radical (unpaired) electrons. The van der Waals surface area contributed by atoms with Crippen molar-refractivity contribution < 1.29 is 8.78 Å². The molecule has 63 heavy (non-hydrogen) atoms. The zero-order chi connectivity index (χ0) is 43.5. The molecule has 0 aliphatic carbocycles. The lowest BCUT2D eigenvalue weighted by Crippen LogP contribution is -2.04. The normalized spacial score (nSPS) is 11.5. The van der Waals surface area contributed by atoms with E-state index in [1.807, 2.05) is 78.9 Å². The lowest BCUT2D eigenvalue weighted by atomic mass is 9.91. The van der Waals surface area contributed by atoms with Gasteiger partial charge in [-0.2, -0.15) is 0 Å². The maximum Gasteiger partial charge on any atom is 0.166 e. The van der Waals surface area contributed by atoms with E-state index >= 15 is 4.39 Å². The van der Waals surface area contributed by atoms with Crippen molar-refractivity contribution in [2.45, 2.75) is 41.5 Å². The van der Waals surface area contributed by atoms with E-state index in [9.17, 15) is 4.39 Å². The molecule has 306 valence electrons. The molecule has 0 N–H and O–H groups in total. The van der Waals surface area contributed by atoms with Gasteiger partial charge >= 0.3 is 0 Å². The van der Waals surface area contributed by atoms with Crippen LogP contribution in [0.2, 0.25) is 0 Å². The standard InChI is InChI=1S/C57H44F2N4/c1-33-26-35(3)52(36(4)27-33)42-21-24-49-45(31-42)46-32-43(53-37(5)28-34(2)29-38(53)6)22-25-50(46)63(49)51-23-20-41(44-18-13-19-48(58)54(44)59)30-47(51)57-61-55(39-14-9-7-10-15-39)60-56(62-57)40-16-11-8-12-17-40/h7-32H,1-6H3. The number of nitrogens with zero attached hydrogens (tertiary/aromatic N) is 4. The largest absolute Gasteiger partial charge is 0.308 e. The molecule has 0 saturated carbocycles. The Morgan fingerprint density at radius 3 is 1.33 bits per heavy atom. The van der Waals surface area contributed by atoms with Crippen LogP contribution in [0.5, 0.6) is 0 Å². The first-order valence-electron chi connectivity index (χ1n) is 21.2. The van der Waals surface area contributed by atoms with E-state index in [-0.39, 0.29) is 5.56 Å². The molecule has 0 atom stereocenters. The van der Waals surface area contributed by atoms with Gasteiger partial charge in [-0.15, -0.1) is 0 Å². The highest BCUT2D eigenvalue weighted by molar-refractivity contribution is 6.12. The lowest BCUT2D eigenvalue weighted by molar-refractivity contribution is 0.511. The van der Waals surface area contributed by atoms with Gasteiger partial charge in [0.2, 0.25) is 0 Å². The second kappa shape index (κ2) is 15.7. The second-order valence-electron chi connectivity index (χ2n) is 16.7. The Kier molecular flexibility index (Phi) is 9.87. The summed E-state index contributed by atoms with van der Waals surface area (Å²) in [5.41, 5.74) is 17.8. The van der Waals surface area contributed by atoms with Crippen molar-refractivity contribution in [3.63, 3.8) is 0 Å². The topological polar surface area (TPSA) is 43.6 Å². The first-order valence-corrected chi connectivity index (χ1v) is 21.2. The van der Waals surface area contributed by atoms with Gasteiger partial charge in [0, 0.05) is 33.0 Å². The fourth-order valence-electron chi connectivity index (χ4n) is 9.60. The molecule has 0 fully saturated rings. The van der Waals surface area contributed by atoms with Gasteiger partial charge in [-0.1, -0.05) is 126 Å². The van der Waals surface area contributed by atoms with Gasteiger partial charge < -0.3 is 4.57 Å². The fraction of sp³-hybridized carbons (Fsp3) is 0.105. The number of hydrogen-bond acceptors (Lipinski definition) is 3. The number of aromatic nitrogens is 4. The van der Waals surface area contributed by atoms with Gasteiger partial charge in [0.25, 0.3) is 0 Å². The van der Waals surface area contributed by atoms with E-state index < -0.39 is 11.6 Å². The van der Waals surface area contributed by atoms with Crippen LogP contribution in [0.1, 0.15) is 33.4 Å². The molecule has 0 unspecified atom stereocenters. The Labute approximate surface area is 366 Å². The van der Waals surface area contributed by atoms with E-state index in [0.29, 0.717) is 28.6 Å². The van der Waals surface area contributed by atoms with Crippen LogP contribution >= 0.6 is 0 Å². The Hall–Kier alpha value is -7.57. The van der Waals surface area contributed by atoms with Crippen LogP contribution in [0, 0.1) is 53.2 Å². The highest BCUT2D eigenvalue weighted by Crippen LogP contribution is 2.42. The number of benzene rings is 8. The molecule has 2 aromatic heterocycles. The van der Waals surface area contributed by atoms with E-state index in [1.165, 1.54) is 50.6 Å². The number of hydrogen-bond donors (Lipinski definition) is 0. The summed E-state index contributed by atoms with van der Waals surface area (Å²) in [5, 5.41) is 2.17. The summed E-state index contributed by atoms with van der Waals surface area (Å²) >= 11 is 0. The minimum atomic E-state index is -0.915. The van der Waals surface area contributed by atoms with Gasteiger partial charge in [0.15, 0.2) is 29.1 Å². The minimum absolute atomic E-state index is 0.146. The zero-order valence-electron chi connectivity index (χ0n) is 36.1. The monoisotopic (exact) mass is 822 g/mol. The highest BCUT2D eigenvalue weighted by Gasteiger charge is 2.23. The number of rotatable bonds is 7. The predicted molar refractivity (Wildman–Crippen MR) is 255 cm³/mol. The Morgan fingerprint density at radius 1 is 0.381 bits per heavy atom. The molecule has 10 rings (SSSR count). The third kappa shape index (κ3) is 7.07. The van der Waals surface area contributed by atoms with Crippen LogP contribution in [0.4, 0.5) is 8.78 Å². The van der Waals surface area contributed by atoms with Crippen LogP contribution in [0.3, 0.4) is 0 Å². The fourth-order valence-corrected chi connectivity index (χ4v) is 9.60. The van der Waals surface area contributed by atoms with Crippen molar-refractivity contribution in [1.29, 1.82) is 0 Å². The second-order valence-corrected chi connectivity index (χ2v) is 16.7. The molecule has 4 nitrogen and oxygen atoms in total. The zero-order valence-corrected chi connectivity index (χ0v) is 36.1. The third-order valence-corrected chi connectivity index (χ3v) is 12.1. The molecule has 0 aliphatic rings. The molecular weight excluding hydrogens is 779 g/mol. The van der Waals surface area contributed by atoms with E-state index in [1.54, 1.807) is 6.07 Å². The molecule has 0 amide bonds. The summed E-state index contributed by atoms with van der Waals surface area (Å²) < 4.78 is 32.8. The Bertz CT molecular complexity index is 3210. The van der Waals surface area contributed by atoms with Crippen LogP contribution < -0.4 is 0 Å². The quantitative estimate of drug-likeness (QED) is 0.161. The van der Waals surface area contributed by atoms with Crippen molar-refractivity contribution >= 4 is 21.8 Å². The predicted octanol–water partition coefficient (Wildman–Crippen LogP) is 15.1. The average molecular weight is 823 g/mol. The molecule has 0 saturated heterocycles. The molecule has 0 spiro atoms. The van der Waals surface area contributed by atoms with E-state index in [2.05, 4.69) is 107 Å². The van der Waals surface area contributed by atoms with Gasteiger partial charge in [-0.25, -0.2) is 23.7 Å². The Balaban J connectivity index is 1.30. The summed E-state index contributed by atoms with van der Waals surface area (Å²) in [6.45, 7) is 13.0. The average Bonchev–Trinajstić information content (AvgIpc) is 3.60. The molecule has 10 aromatic rings. The molecule has 2 heterocycles. The molecule has 8 aromatic carbocycles. The first kappa shape index (κ1) is 39.6. The van der Waals surface area contributed by atoms with E-state index in [4.69, 9.17) is 15.0 Å². The van der Waals surface area contributed by atoms with Gasteiger partial charge in [0.05, 0.1) is 16.7 Å². The molecular formula is C57H44F2N4. The van der Waals surface area contributed by atoms with Crippen LogP contribution in [-0.2, 0) is 0 Å². The van der Waals surface area contributed by atoms with Crippen molar-refractivity contribution in [2.24, 2.45) is 0 Å². The third-order valence-electron chi connectivity index (χ3n) is 12.1. The van der Waals surface area contributed by atoms with Crippen LogP contribution in [0.25, 0.3) is 95.0 Å². The van der Waals surface area contributed by atoms with Gasteiger partial charge in [0.1, 0.15) is 0 Å². The van der Waals surface area contributed by atoms with Crippen LogP contribution in [-0.4, -0.2) is 19.5 Å². The lowest BCUT2D eigenvalue weighted by Gasteiger charge is -2.17. The maximum absolute atomic E-state index is 15.7. The summed E-state index contributed by atoms with van der Waals surface area (Å²) in [4.78, 5) is 15.3. The smallest absolute Gasteiger partial charge is 0.166 e. The van der Waals surface area contributed by atoms with Crippen LogP contribution in [0.15, 0.2) is 158 Å². The summed E-state index contributed by atoms with van der Waals surface area (Å²) in [6.07, 6.45) is 0. The summed E-state index contributed by atoms with van der Waals surface area (Å²) in [5.74, 6) is -0.435. The highest BCUT2D eigenvalue weighted by atomic mass is 19.2. The van der Waals surface area contributed by atoms with E-state index in [0.717, 1.165) is 55.8 Å². The minimum Gasteiger partial charge on any atom is -0.308 e. The summed E-state index contributed by atoms with van der Waals surface area (Å²) in [7, 11) is 0.